The first-order valence-corrected chi connectivity index (χ1v) is 8.53. The Labute approximate surface area is 117 Å². The number of carboxylic acids is 1. The third-order valence-electron chi connectivity index (χ3n) is 2.72. The molecule has 0 saturated heterocycles. The minimum absolute atomic E-state index is 0.148. The molecule has 1 fully saturated rings. The monoisotopic (exact) mass is 353 g/mol. The number of carboxylic acid groups (broad SMARTS) is 1. The number of halogens is 1. The molecule has 5 nitrogen and oxygen atoms in total. The molecule has 0 spiro atoms. The molecule has 0 aromatic carbocycles. The van der Waals surface area contributed by atoms with Crippen LogP contribution in [0.3, 0.4) is 0 Å². The Morgan fingerprint density at radius 3 is 2.72 bits per heavy atom. The minimum atomic E-state index is -3.64. The zero-order chi connectivity index (χ0) is 13.3. The van der Waals surface area contributed by atoms with Crippen molar-refractivity contribution in [1.82, 2.24) is 4.72 Å². The van der Waals surface area contributed by atoms with E-state index >= 15 is 0 Å². The van der Waals surface area contributed by atoms with E-state index in [9.17, 15) is 13.2 Å². The van der Waals surface area contributed by atoms with Crippen molar-refractivity contribution >= 4 is 43.3 Å². The lowest BCUT2D eigenvalue weighted by atomic mass is 10.1. The molecule has 0 amide bonds. The predicted octanol–water partition coefficient (Wildman–Crippen LogP) is 2.04. The molecular formula is C10H12BrNO4S2. The van der Waals surface area contributed by atoms with E-state index in [1.807, 2.05) is 0 Å². The Morgan fingerprint density at radius 2 is 2.28 bits per heavy atom. The van der Waals surface area contributed by atoms with Gasteiger partial charge >= 0.3 is 5.97 Å². The molecule has 8 heteroatoms. The molecule has 0 bridgehead atoms. The van der Waals surface area contributed by atoms with E-state index in [1.54, 1.807) is 11.4 Å². The summed E-state index contributed by atoms with van der Waals surface area (Å²) in [6, 6.07) is 1.14. The summed E-state index contributed by atoms with van der Waals surface area (Å²) in [6.07, 6.45) is 1.59. The molecule has 1 heterocycles. The third-order valence-corrected chi connectivity index (χ3v) is 6.88. The van der Waals surface area contributed by atoms with E-state index < -0.39 is 22.0 Å². The zero-order valence-corrected chi connectivity index (χ0v) is 12.5. The molecule has 0 aliphatic heterocycles. The van der Waals surface area contributed by atoms with Gasteiger partial charge in [0.1, 0.15) is 4.21 Å². The van der Waals surface area contributed by atoms with Crippen LogP contribution in [-0.4, -0.2) is 25.5 Å². The molecule has 1 saturated carbocycles. The highest BCUT2D eigenvalue weighted by molar-refractivity contribution is 9.10. The van der Waals surface area contributed by atoms with E-state index in [2.05, 4.69) is 20.7 Å². The van der Waals surface area contributed by atoms with Crippen LogP contribution in [0.4, 0.5) is 0 Å². The van der Waals surface area contributed by atoms with E-state index in [-0.39, 0.29) is 16.5 Å². The van der Waals surface area contributed by atoms with Gasteiger partial charge in [0.15, 0.2) is 0 Å². The smallest absolute Gasteiger partial charge is 0.304 e. The number of nitrogens with one attached hydrogen (secondary N) is 1. The van der Waals surface area contributed by atoms with Crippen LogP contribution >= 0.6 is 27.3 Å². The Hall–Kier alpha value is -0.440. The summed E-state index contributed by atoms with van der Waals surface area (Å²) < 4.78 is 27.4. The standard InChI is InChI=1S/C10H12BrNO4S2/c11-7-3-4-17-10(7)18(15,16)12-8(5-9(13)14)6-1-2-6/h3-4,6,8,12H,1-2,5H2,(H,13,14). The van der Waals surface area contributed by atoms with Crippen molar-refractivity contribution in [2.45, 2.75) is 29.5 Å². The van der Waals surface area contributed by atoms with Crippen LogP contribution in [0.1, 0.15) is 19.3 Å². The van der Waals surface area contributed by atoms with Gasteiger partial charge in [0.2, 0.25) is 0 Å². The van der Waals surface area contributed by atoms with Gasteiger partial charge in [0, 0.05) is 10.5 Å². The van der Waals surface area contributed by atoms with Crippen molar-refractivity contribution in [3.63, 3.8) is 0 Å². The van der Waals surface area contributed by atoms with Crippen LogP contribution in [0.5, 0.6) is 0 Å². The van der Waals surface area contributed by atoms with Crippen molar-refractivity contribution in [1.29, 1.82) is 0 Å². The molecule has 1 aliphatic carbocycles. The minimum Gasteiger partial charge on any atom is -0.481 e. The Morgan fingerprint density at radius 1 is 1.61 bits per heavy atom. The van der Waals surface area contributed by atoms with Crippen LogP contribution < -0.4 is 4.72 Å². The molecule has 1 aromatic rings. The highest BCUT2D eigenvalue weighted by atomic mass is 79.9. The lowest BCUT2D eigenvalue weighted by molar-refractivity contribution is -0.137. The SMILES string of the molecule is O=C(O)CC(NS(=O)(=O)c1sccc1Br)C1CC1. The van der Waals surface area contributed by atoms with Gasteiger partial charge in [-0.25, -0.2) is 13.1 Å². The average Bonchev–Trinajstić information content (AvgIpc) is 2.99. The van der Waals surface area contributed by atoms with E-state index in [1.165, 1.54) is 0 Å². The Kier molecular flexibility index (Phi) is 4.10. The van der Waals surface area contributed by atoms with Crippen LogP contribution in [0.25, 0.3) is 0 Å². The fourth-order valence-corrected chi connectivity index (χ4v) is 5.37. The van der Waals surface area contributed by atoms with E-state index in [0.29, 0.717) is 4.47 Å². The summed E-state index contributed by atoms with van der Waals surface area (Å²) in [5.41, 5.74) is 0. The highest BCUT2D eigenvalue weighted by Crippen LogP contribution is 2.35. The van der Waals surface area contributed by atoms with Gasteiger partial charge in [-0.1, -0.05) is 0 Å². The first-order valence-electron chi connectivity index (χ1n) is 5.37. The number of sulfonamides is 1. The van der Waals surface area contributed by atoms with Gasteiger partial charge in [0.05, 0.1) is 6.42 Å². The number of thiophene rings is 1. The molecule has 1 atom stereocenters. The van der Waals surface area contributed by atoms with Gasteiger partial charge in [-0.3, -0.25) is 4.79 Å². The van der Waals surface area contributed by atoms with Gasteiger partial charge < -0.3 is 5.11 Å². The van der Waals surface area contributed by atoms with Crippen LogP contribution in [0.15, 0.2) is 20.1 Å². The summed E-state index contributed by atoms with van der Waals surface area (Å²) in [7, 11) is -3.64. The first kappa shape index (κ1) is 14.0. The lowest BCUT2D eigenvalue weighted by Gasteiger charge is -2.15. The molecule has 2 N–H and O–H groups in total. The molecule has 2 rings (SSSR count). The Balaban J connectivity index is 2.15. The number of rotatable bonds is 6. The van der Waals surface area contributed by atoms with Crippen molar-refractivity contribution in [2.75, 3.05) is 0 Å². The third kappa shape index (κ3) is 3.31. The van der Waals surface area contributed by atoms with Crippen LogP contribution in [0.2, 0.25) is 0 Å². The second kappa shape index (κ2) is 5.28. The van der Waals surface area contributed by atoms with Crippen LogP contribution in [-0.2, 0) is 14.8 Å². The van der Waals surface area contributed by atoms with Crippen molar-refractivity contribution in [2.24, 2.45) is 5.92 Å². The summed E-state index contributed by atoms with van der Waals surface area (Å²) in [5.74, 6) is -0.838. The number of carbonyl (C=O) groups is 1. The lowest BCUT2D eigenvalue weighted by Crippen LogP contribution is -2.37. The van der Waals surface area contributed by atoms with Gasteiger partial charge in [0.25, 0.3) is 10.0 Å². The number of aliphatic carboxylic acids is 1. The quantitative estimate of drug-likeness (QED) is 0.819. The average molecular weight is 354 g/mol. The van der Waals surface area contributed by atoms with Crippen molar-refractivity contribution in [3.05, 3.63) is 15.9 Å². The Bertz CT molecular complexity index is 550. The van der Waals surface area contributed by atoms with Crippen LogP contribution in [0, 0.1) is 5.92 Å². The summed E-state index contributed by atoms with van der Waals surface area (Å²) >= 11 is 4.28. The second-order valence-electron chi connectivity index (χ2n) is 4.22. The van der Waals surface area contributed by atoms with E-state index in [0.717, 1.165) is 24.2 Å². The zero-order valence-electron chi connectivity index (χ0n) is 9.30. The van der Waals surface area contributed by atoms with Crippen molar-refractivity contribution < 1.29 is 18.3 Å². The topological polar surface area (TPSA) is 83.5 Å². The maximum Gasteiger partial charge on any atom is 0.304 e. The molecule has 100 valence electrons. The molecule has 18 heavy (non-hydrogen) atoms. The highest BCUT2D eigenvalue weighted by Gasteiger charge is 2.36. The largest absolute Gasteiger partial charge is 0.481 e. The first-order chi connectivity index (χ1) is 8.40. The summed E-state index contributed by atoms with van der Waals surface area (Å²) in [4.78, 5) is 10.7. The normalized spacial score (nSPS) is 17.6. The van der Waals surface area contributed by atoms with Gasteiger partial charge in [-0.05, 0) is 46.1 Å². The van der Waals surface area contributed by atoms with Crippen molar-refractivity contribution in [3.8, 4) is 0 Å². The molecular weight excluding hydrogens is 342 g/mol. The number of hydrogen-bond acceptors (Lipinski definition) is 4. The van der Waals surface area contributed by atoms with Gasteiger partial charge in [-0.2, -0.15) is 0 Å². The summed E-state index contributed by atoms with van der Waals surface area (Å²) in [5, 5.41) is 10.5. The second-order valence-corrected chi connectivity index (χ2v) is 7.90. The molecule has 1 unspecified atom stereocenters. The maximum atomic E-state index is 12.1. The molecule has 1 aromatic heterocycles. The molecule has 0 radical (unpaired) electrons. The van der Waals surface area contributed by atoms with E-state index in [4.69, 9.17) is 5.11 Å². The predicted molar refractivity (Wildman–Crippen MR) is 71.1 cm³/mol. The summed E-state index contributed by atoms with van der Waals surface area (Å²) in [6.45, 7) is 0. The molecule has 1 aliphatic rings. The van der Waals surface area contributed by atoms with Gasteiger partial charge in [-0.15, -0.1) is 11.3 Å². The maximum absolute atomic E-state index is 12.1. The fraction of sp³-hybridized carbons (Fsp3) is 0.500. The fourth-order valence-electron chi connectivity index (χ4n) is 1.72. The number of hydrogen-bond donors (Lipinski definition) is 2.